The number of benzene rings is 2. The first-order valence-corrected chi connectivity index (χ1v) is 10.8. The number of halogens is 4. The second kappa shape index (κ2) is 10.8. The molecule has 3 rings (SSSR count). The van der Waals surface area contributed by atoms with E-state index in [2.05, 4.69) is 10.6 Å². The van der Waals surface area contributed by atoms with E-state index in [1.807, 2.05) is 4.90 Å². The van der Waals surface area contributed by atoms with Gasteiger partial charge in [-0.1, -0.05) is 11.6 Å². The minimum atomic E-state index is -1.69. The van der Waals surface area contributed by atoms with Gasteiger partial charge in [-0.15, -0.1) is 0 Å². The molecule has 2 aromatic rings. The van der Waals surface area contributed by atoms with E-state index in [0.29, 0.717) is 42.6 Å². The molecule has 2 aromatic carbocycles. The van der Waals surface area contributed by atoms with Gasteiger partial charge in [0, 0.05) is 16.5 Å². The summed E-state index contributed by atoms with van der Waals surface area (Å²) in [5.41, 5.74) is 0.0840. The predicted octanol–water partition coefficient (Wildman–Crippen LogP) is 3.80. The molecule has 2 amide bonds. The van der Waals surface area contributed by atoms with Gasteiger partial charge < -0.3 is 10.6 Å². The summed E-state index contributed by atoms with van der Waals surface area (Å²) in [5.74, 6) is -5.88. The van der Waals surface area contributed by atoms with Crippen LogP contribution in [-0.2, 0) is 9.59 Å². The Labute approximate surface area is 194 Å². The van der Waals surface area contributed by atoms with Crippen LogP contribution in [0.4, 0.5) is 18.9 Å². The highest BCUT2D eigenvalue weighted by Gasteiger charge is 2.30. The zero-order chi connectivity index (χ0) is 24.1. The number of carbonyl (C=O) groups excluding carboxylic acids is 3. The number of hydrogen-bond donors (Lipinski definition) is 2. The Morgan fingerprint density at radius 1 is 1.03 bits per heavy atom. The molecule has 0 spiro atoms. The lowest BCUT2D eigenvalue weighted by atomic mass is 9.88. The van der Waals surface area contributed by atoms with E-state index in [1.54, 1.807) is 31.2 Å². The van der Waals surface area contributed by atoms with Crippen molar-refractivity contribution < 1.29 is 27.6 Å². The summed E-state index contributed by atoms with van der Waals surface area (Å²) < 4.78 is 39.9. The molecule has 1 heterocycles. The minimum Gasteiger partial charge on any atom is -0.346 e. The van der Waals surface area contributed by atoms with Gasteiger partial charge in [-0.25, -0.2) is 13.2 Å². The highest BCUT2D eigenvalue weighted by atomic mass is 35.5. The van der Waals surface area contributed by atoms with E-state index in [4.69, 9.17) is 11.6 Å². The van der Waals surface area contributed by atoms with Crippen LogP contribution in [0.5, 0.6) is 0 Å². The predicted molar refractivity (Wildman–Crippen MR) is 117 cm³/mol. The maximum Gasteiger partial charge on any atom is 0.243 e. The van der Waals surface area contributed by atoms with Gasteiger partial charge in [0.05, 0.1) is 18.3 Å². The van der Waals surface area contributed by atoms with Gasteiger partial charge in [0.25, 0.3) is 0 Å². The van der Waals surface area contributed by atoms with Crippen LogP contribution >= 0.6 is 11.6 Å². The molecule has 0 saturated carbocycles. The molecular formula is C23H23ClF3N3O3. The minimum absolute atomic E-state index is 0.0459. The highest BCUT2D eigenvalue weighted by Crippen LogP contribution is 2.24. The van der Waals surface area contributed by atoms with E-state index in [0.717, 1.165) is 6.07 Å². The van der Waals surface area contributed by atoms with Gasteiger partial charge in [0.15, 0.2) is 23.2 Å². The number of amides is 2. The van der Waals surface area contributed by atoms with Crippen molar-refractivity contribution in [2.75, 3.05) is 25.0 Å². The molecule has 10 heteroatoms. The standard InChI is InChI=1S/C23H23ClF3N3O3/c1-13(23(33)28-12-19(31)29-18-7-6-17(25)20(26)21(18)27)30-10-8-15(9-11-30)22(32)14-2-4-16(24)5-3-14/h2-7,13,15H,8-12H2,1H3,(H,28,33)(H,29,31). The van der Waals surface area contributed by atoms with Crippen LogP contribution in [0.3, 0.4) is 0 Å². The van der Waals surface area contributed by atoms with Crippen molar-refractivity contribution in [3.05, 3.63) is 64.4 Å². The summed E-state index contributed by atoms with van der Waals surface area (Å²) in [6, 6.07) is 7.78. The van der Waals surface area contributed by atoms with Gasteiger partial charge in [-0.3, -0.25) is 19.3 Å². The number of hydrogen-bond acceptors (Lipinski definition) is 4. The zero-order valence-corrected chi connectivity index (χ0v) is 18.6. The van der Waals surface area contributed by atoms with Gasteiger partial charge in [0.1, 0.15) is 0 Å². The number of piperidine rings is 1. The maximum atomic E-state index is 13.7. The Morgan fingerprint density at radius 2 is 1.67 bits per heavy atom. The van der Waals surface area contributed by atoms with E-state index in [1.165, 1.54) is 0 Å². The SMILES string of the molecule is CC(C(=O)NCC(=O)Nc1ccc(F)c(F)c1F)N1CCC(C(=O)c2ccc(Cl)cc2)CC1. The lowest BCUT2D eigenvalue weighted by Gasteiger charge is -2.34. The Balaban J connectivity index is 1.46. The summed E-state index contributed by atoms with van der Waals surface area (Å²) >= 11 is 5.86. The zero-order valence-electron chi connectivity index (χ0n) is 17.8. The summed E-state index contributed by atoms with van der Waals surface area (Å²) in [7, 11) is 0. The number of likely N-dealkylation sites (tertiary alicyclic amines) is 1. The smallest absolute Gasteiger partial charge is 0.243 e. The van der Waals surface area contributed by atoms with E-state index in [9.17, 15) is 27.6 Å². The fourth-order valence-corrected chi connectivity index (χ4v) is 3.82. The number of nitrogens with zero attached hydrogens (tertiary/aromatic N) is 1. The monoisotopic (exact) mass is 481 g/mol. The third-order valence-electron chi connectivity index (χ3n) is 5.69. The fourth-order valence-electron chi connectivity index (χ4n) is 3.70. The molecule has 1 unspecified atom stereocenters. The Bertz CT molecular complexity index is 1040. The summed E-state index contributed by atoms with van der Waals surface area (Å²) in [6.45, 7) is 2.28. The first-order valence-electron chi connectivity index (χ1n) is 10.4. The fraction of sp³-hybridized carbons (Fsp3) is 0.348. The molecule has 2 N–H and O–H groups in total. The molecule has 1 fully saturated rings. The third kappa shape index (κ3) is 6.11. The topological polar surface area (TPSA) is 78.5 Å². The van der Waals surface area contributed by atoms with Crippen LogP contribution in [0.15, 0.2) is 36.4 Å². The summed E-state index contributed by atoms with van der Waals surface area (Å²) in [6.07, 6.45) is 1.18. The second-order valence-electron chi connectivity index (χ2n) is 7.85. The average Bonchev–Trinajstić information content (AvgIpc) is 2.82. The third-order valence-corrected chi connectivity index (χ3v) is 5.94. The number of nitrogens with one attached hydrogen (secondary N) is 2. The van der Waals surface area contributed by atoms with E-state index >= 15 is 0 Å². The van der Waals surface area contributed by atoms with Crippen molar-refractivity contribution in [2.24, 2.45) is 5.92 Å². The van der Waals surface area contributed by atoms with Gasteiger partial charge in [-0.2, -0.15) is 0 Å². The van der Waals surface area contributed by atoms with Gasteiger partial charge in [0.2, 0.25) is 11.8 Å². The van der Waals surface area contributed by atoms with Crippen LogP contribution < -0.4 is 10.6 Å². The number of Topliss-reactive ketones (excluding diaryl/α,β-unsaturated/α-hetero) is 1. The van der Waals surface area contributed by atoms with Crippen molar-refractivity contribution >= 4 is 34.9 Å². The number of rotatable bonds is 7. The van der Waals surface area contributed by atoms with Crippen molar-refractivity contribution in [3.8, 4) is 0 Å². The van der Waals surface area contributed by atoms with Crippen molar-refractivity contribution in [1.82, 2.24) is 10.2 Å². The molecular weight excluding hydrogens is 459 g/mol. The lowest BCUT2D eigenvalue weighted by molar-refractivity contribution is -0.128. The first-order chi connectivity index (χ1) is 15.7. The van der Waals surface area contributed by atoms with Crippen LogP contribution in [0.2, 0.25) is 5.02 Å². The second-order valence-corrected chi connectivity index (χ2v) is 8.28. The quantitative estimate of drug-likeness (QED) is 0.466. The van der Waals surface area contributed by atoms with Crippen LogP contribution in [0.25, 0.3) is 0 Å². The molecule has 33 heavy (non-hydrogen) atoms. The molecule has 1 aliphatic heterocycles. The average molecular weight is 482 g/mol. The Hall–Kier alpha value is -2.91. The Morgan fingerprint density at radius 3 is 2.30 bits per heavy atom. The molecule has 176 valence electrons. The highest BCUT2D eigenvalue weighted by molar-refractivity contribution is 6.30. The molecule has 1 atom stereocenters. The van der Waals surface area contributed by atoms with Crippen molar-refractivity contribution in [2.45, 2.75) is 25.8 Å². The van der Waals surface area contributed by atoms with E-state index < -0.39 is 47.5 Å². The summed E-state index contributed by atoms with van der Waals surface area (Å²) in [4.78, 5) is 39.0. The van der Waals surface area contributed by atoms with Crippen LogP contribution in [-0.4, -0.2) is 48.2 Å². The molecule has 1 saturated heterocycles. The number of ketones is 1. The van der Waals surface area contributed by atoms with E-state index in [-0.39, 0.29) is 11.7 Å². The van der Waals surface area contributed by atoms with Crippen LogP contribution in [0, 0.1) is 23.4 Å². The lowest BCUT2D eigenvalue weighted by Crippen LogP contribution is -2.50. The normalized spacial score (nSPS) is 15.7. The van der Waals surface area contributed by atoms with Gasteiger partial charge in [-0.05, 0) is 69.3 Å². The van der Waals surface area contributed by atoms with Crippen LogP contribution in [0.1, 0.15) is 30.1 Å². The number of carbonyl (C=O) groups is 3. The molecule has 0 aliphatic carbocycles. The molecule has 6 nitrogen and oxygen atoms in total. The maximum absolute atomic E-state index is 13.7. The number of anilines is 1. The van der Waals surface area contributed by atoms with Crippen molar-refractivity contribution in [1.29, 1.82) is 0 Å². The molecule has 1 aliphatic rings. The Kier molecular flexibility index (Phi) is 8.10. The molecule has 0 bridgehead atoms. The first kappa shape index (κ1) is 24.7. The van der Waals surface area contributed by atoms with Gasteiger partial charge >= 0.3 is 0 Å². The largest absolute Gasteiger partial charge is 0.346 e. The molecule has 0 radical (unpaired) electrons. The summed E-state index contributed by atoms with van der Waals surface area (Å²) in [5, 5.41) is 5.10. The molecule has 0 aromatic heterocycles. The van der Waals surface area contributed by atoms with Crippen molar-refractivity contribution in [3.63, 3.8) is 0 Å².